The Morgan fingerprint density at radius 1 is 0.944 bits per heavy atom. The zero-order valence-corrected chi connectivity index (χ0v) is 12.6. The summed E-state index contributed by atoms with van der Waals surface area (Å²) in [6.07, 6.45) is 15.0. The first kappa shape index (κ1) is 14.4. The fourth-order valence-corrected chi connectivity index (χ4v) is 4.64. The van der Waals surface area contributed by atoms with Crippen LogP contribution in [0.4, 0.5) is 0 Å². The van der Waals surface area contributed by atoms with Crippen molar-refractivity contribution in [2.45, 2.75) is 71.1 Å². The molecule has 0 aliphatic heterocycles. The van der Waals surface area contributed by atoms with E-state index in [2.05, 4.69) is 19.3 Å². The SMILES string of the molecule is CCC1CCCC(C2CCCCCC2CNC)C1. The maximum Gasteiger partial charge on any atom is -0.00208 e. The monoisotopic (exact) mass is 251 g/mol. The lowest BCUT2D eigenvalue weighted by atomic mass is 9.69. The average molecular weight is 251 g/mol. The van der Waals surface area contributed by atoms with Crippen LogP contribution in [0.3, 0.4) is 0 Å². The Morgan fingerprint density at radius 3 is 2.56 bits per heavy atom. The van der Waals surface area contributed by atoms with E-state index < -0.39 is 0 Å². The van der Waals surface area contributed by atoms with Gasteiger partial charge in [0.2, 0.25) is 0 Å². The van der Waals surface area contributed by atoms with Crippen molar-refractivity contribution in [2.24, 2.45) is 23.7 Å². The second kappa shape index (κ2) is 7.53. The Labute approximate surface area is 114 Å². The van der Waals surface area contributed by atoms with E-state index in [1.807, 2.05) is 0 Å². The molecule has 0 spiro atoms. The third kappa shape index (κ3) is 3.73. The molecule has 0 saturated heterocycles. The Morgan fingerprint density at radius 2 is 1.78 bits per heavy atom. The average Bonchev–Trinajstić information content (AvgIpc) is 2.65. The van der Waals surface area contributed by atoms with E-state index in [9.17, 15) is 0 Å². The predicted octanol–water partition coefficient (Wildman–Crippen LogP) is 4.62. The van der Waals surface area contributed by atoms with Gasteiger partial charge in [0.1, 0.15) is 0 Å². The van der Waals surface area contributed by atoms with Crippen LogP contribution in [0.25, 0.3) is 0 Å². The van der Waals surface area contributed by atoms with Gasteiger partial charge in [-0.15, -0.1) is 0 Å². The zero-order valence-electron chi connectivity index (χ0n) is 12.6. The van der Waals surface area contributed by atoms with Gasteiger partial charge in [-0.3, -0.25) is 0 Å². The summed E-state index contributed by atoms with van der Waals surface area (Å²) in [5.41, 5.74) is 0. The van der Waals surface area contributed by atoms with Gasteiger partial charge in [-0.25, -0.2) is 0 Å². The lowest BCUT2D eigenvalue weighted by Gasteiger charge is -2.38. The van der Waals surface area contributed by atoms with Gasteiger partial charge in [0.05, 0.1) is 0 Å². The molecule has 0 heterocycles. The normalized spacial score (nSPS) is 38.3. The van der Waals surface area contributed by atoms with Crippen molar-refractivity contribution in [1.29, 1.82) is 0 Å². The maximum absolute atomic E-state index is 3.46. The highest BCUT2D eigenvalue weighted by atomic mass is 14.8. The summed E-state index contributed by atoms with van der Waals surface area (Å²) < 4.78 is 0. The molecule has 0 aromatic heterocycles. The Balaban J connectivity index is 1.97. The van der Waals surface area contributed by atoms with E-state index in [4.69, 9.17) is 0 Å². The Kier molecular flexibility index (Phi) is 6.01. The first-order chi connectivity index (χ1) is 8.85. The highest BCUT2D eigenvalue weighted by Crippen LogP contribution is 2.42. The van der Waals surface area contributed by atoms with E-state index in [-0.39, 0.29) is 0 Å². The molecule has 18 heavy (non-hydrogen) atoms. The van der Waals surface area contributed by atoms with Crippen LogP contribution in [0, 0.1) is 23.7 Å². The van der Waals surface area contributed by atoms with Crippen LogP contribution in [0.15, 0.2) is 0 Å². The van der Waals surface area contributed by atoms with Gasteiger partial charge in [0, 0.05) is 0 Å². The molecule has 1 nitrogen and oxygen atoms in total. The van der Waals surface area contributed by atoms with Crippen LogP contribution in [-0.4, -0.2) is 13.6 Å². The maximum atomic E-state index is 3.46. The summed E-state index contributed by atoms with van der Waals surface area (Å²) in [4.78, 5) is 0. The number of nitrogens with one attached hydrogen (secondary N) is 1. The van der Waals surface area contributed by atoms with E-state index in [0.717, 1.165) is 23.7 Å². The van der Waals surface area contributed by atoms with E-state index in [0.29, 0.717) is 0 Å². The summed E-state index contributed by atoms with van der Waals surface area (Å²) in [6, 6.07) is 0. The van der Waals surface area contributed by atoms with Crippen LogP contribution in [-0.2, 0) is 0 Å². The van der Waals surface area contributed by atoms with E-state index in [1.54, 1.807) is 6.42 Å². The lowest BCUT2D eigenvalue weighted by molar-refractivity contribution is 0.134. The third-order valence-electron chi connectivity index (χ3n) is 5.69. The van der Waals surface area contributed by atoms with E-state index in [1.165, 1.54) is 64.3 Å². The Bertz CT molecular complexity index is 226. The molecule has 2 aliphatic rings. The third-order valence-corrected chi connectivity index (χ3v) is 5.69. The first-order valence-electron chi connectivity index (χ1n) is 8.49. The molecule has 2 rings (SSSR count). The number of hydrogen-bond donors (Lipinski definition) is 1. The molecule has 1 N–H and O–H groups in total. The van der Waals surface area contributed by atoms with Crippen molar-refractivity contribution in [3.8, 4) is 0 Å². The highest BCUT2D eigenvalue weighted by molar-refractivity contribution is 4.84. The summed E-state index contributed by atoms with van der Waals surface area (Å²) in [6.45, 7) is 3.66. The van der Waals surface area contributed by atoms with Crippen LogP contribution in [0.5, 0.6) is 0 Å². The molecule has 2 saturated carbocycles. The number of rotatable bonds is 4. The molecular weight excluding hydrogens is 218 g/mol. The first-order valence-corrected chi connectivity index (χ1v) is 8.49. The van der Waals surface area contributed by atoms with E-state index >= 15 is 0 Å². The minimum absolute atomic E-state index is 0.970. The van der Waals surface area contributed by atoms with Crippen LogP contribution in [0.2, 0.25) is 0 Å². The second-order valence-electron chi connectivity index (χ2n) is 6.82. The molecule has 0 bridgehead atoms. The molecule has 4 unspecified atom stereocenters. The second-order valence-corrected chi connectivity index (χ2v) is 6.82. The Hall–Kier alpha value is -0.0400. The van der Waals surface area contributed by atoms with Crippen molar-refractivity contribution in [2.75, 3.05) is 13.6 Å². The van der Waals surface area contributed by atoms with Gasteiger partial charge < -0.3 is 5.32 Å². The van der Waals surface area contributed by atoms with Gasteiger partial charge in [0.15, 0.2) is 0 Å². The molecule has 2 fully saturated rings. The van der Waals surface area contributed by atoms with Crippen LogP contribution < -0.4 is 5.32 Å². The van der Waals surface area contributed by atoms with Crippen molar-refractivity contribution >= 4 is 0 Å². The summed E-state index contributed by atoms with van der Waals surface area (Å²) >= 11 is 0. The summed E-state index contributed by atoms with van der Waals surface area (Å²) in [5.74, 6) is 4.11. The van der Waals surface area contributed by atoms with Crippen LogP contribution in [0.1, 0.15) is 71.1 Å². The fourth-order valence-electron chi connectivity index (χ4n) is 4.64. The number of hydrogen-bond acceptors (Lipinski definition) is 1. The minimum atomic E-state index is 0.970. The smallest absolute Gasteiger partial charge is 0.00208 e. The minimum Gasteiger partial charge on any atom is -0.319 e. The van der Waals surface area contributed by atoms with Crippen molar-refractivity contribution in [3.63, 3.8) is 0 Å². The molecule has 1 heteroatoms. The molecule has 0 aromatic rings. The summed E-state index contributed by atoms with van der Waals surface area (Å²) in [7, 11) is 2.14. The van der Waals surface area contributed by atoms with Gasteiger partial charge in [-0.1, -0.05) is 51.9 Å². The molecular formula is C17H33N. The quantitative estimate of drug-likeness (QED) is 0.719. The van der Waals surface area contributed by atoms with Gasteiger partial charge >= 0.3 is 0 Å². The molecule has 106 valence electrons. The fraction of sp³-hybridized carbons (Fsp3) is 1.00. The molecule has 2 aliphatic carbocycles. The molecule has 0 radical (unpaired) electrons. The van der Waals surface area contributed by atoms with Gasteiger partial charge in [0.25, 0.3) is 0 Å². The lowest BCUT2D eigenvalue weighted by Crippen LogP contribution is -2.32. The molecule has 4 atom stereocenters. The molecule has 0 aromatic carbocycles. The standard InChI is InChI=1S/C17H33N/c1-3-14-8-7-10-15(12-14)17-11-6-4-5-9-16(17)13-18-2/h14-18H,3-13H2,1-2H3. The predicted molar refractivity (Wildman–Crippen MR) is 79.7 cm³/mol. The summed E-state index contributed by atoms with van der Waals surface area (Å²) in [5, 5.41) is 3.46. The van der Waals surface area contributed by atoms with Crippen molar-refractivity contribution in [3.05, 3.63) is 0 Å². The molecule has 0 amide bonds. The largest absolute Gasteiger partial charge is 0.319 e. The van der Waals surface area contributed by atoms with Crippen molar-refractivity contribution < 1.29 is 0 Å². The van der Waals surface area contributed by atoms with Crippen molar-refractivity contribution in [1.82, 2.24) is 5.32 Å². The van der Waals surface area contributed by atoms with Gasteiger partial charge in [-0.2, -0.15) is 0 Å². The van der Waals surface area contributed by atoms with Gasteiger partial charge in [-0.05, 0) is 56.5 Å². The topological polar surface area (TPSA) is 12.0 Å². The highest BCUT2D eigenvalue weighted by Gasteiger charge is 2.33. The zero-order chi connectivity index (χ0) is 12.8. The van der Waals surface area contributed by atoms with Crippen LogP contribution >= 0.6 is 0 Å².